The molecule has 1 heterocycles. The first-order valence-corrected chi connectivity index (χ1v) is 12.5. The van der Waals surface area contributed by atoms with Crippen molar-refractivity contribution in [1.82, 2.24) is 16.1 Å². The highest BCUT2D eigenvalue weighted by molar-refractivity contribution is 6.24. The molecule has 198 valence electrons. The maximum atomic E-state index is 13.1. The lowest BCUT2D eigenvalue weighted by atomic mass is 9.99. The number of carbonyl (C=O) groups is 3. The van der Waals surface area contributed by atoms with E-state index in [2.05, 4.69) is 10.6 Å². The summed E-state index contributed by atoms with van der Waals surface area (Å²) in [7, 11) is 0. The molecule has 1 aliphatic heterocycles. The number of hydroxylamine groups is 1. The standard InChI is InChI=1S/C30H27N3O6/c34-28(33-37)14-7-19-1-3-21(4-2-19)17-31-29(35)22-8-5-20(6-9-22)15-26(30(36)32-25-11-12-25)23-10-13-27-24(16-23)18-38-39-27/h1-10,13-16,25,37H,11-12,17-18H2,(H,31,35)(H,32,36)(H,33,34)/b14-7+,26-15?. The number of amides is 3. The minimum absolute atomic E-state index is 0.141. The second-order valence-corrected chi connectivity index (χ2v) is 9.33. The average molecular weight is 526 g/mol. The fourth-order valence-corrected chi connectivity index (χ4v) is 4.01. The Bertz CT molecular complexity index is 1440. The van der Waals surface area contributed by atoms with E-state index in [1.54, 1.807) is 24.3 Å². The van der Waals surface area contributed by atoms with Crippen LogP contribution in [0, 0.1) is 0 Å². The lowest BCUT2D eigenvalue weighted by Crippen LogP contribution is -2.26. The molecule has 3 aromatic rings. The third-order valence-electron chi connectivity index (χ3n) is 6.35. The van der Waals surface area contributed by atoms with Crippen LogP contribution >= 0.6 is 0 Å². The summed E-state index contributed by atoms with van der Waals surface area (Å²) in [4.78, 5) is 47.0. The van der Waals surface area contributed by atoms with E-state index in [0.717, 1.165) is 40.7 Å². The molecule has 0 saturated heterocycles. The van der Waals surface area contributed by atoms with Crippen molar-refractivity contribution in [3.63, 3.8) is 0 Å². The molecule has 1 aliphatic carbocycles. The lowest BCUT2D eigenvalue weighted by molar-refractivity contribution is -0.194. The van der Waals surface area contributed by atoms with Crippen molar-refractivity contribution >= 4 is 35.4 Å². The predicted octanol–water partition coefficient (Wildman–Crippen LogP) is 3.78. The predicted molar refractivity (Wildman–Crippen MR) is 144 cm³/mol. The molecule has 0 radical (unpaired) electrons. The SMILES string of the molecule is O=C(/C=C/c1ccc(CNC(=O)c2ccc(C=C(C(=O)NC3CC3)c3ccc4c(c3)COO4)cc2)cc1)NO. The van der Waals surface area contributed by atoms with Crippen LogP contribution in [0.2, 0.25) is 0 Å². The van der Waals surface area contributed by atoms with Gasteiger partial charge in [0.25, 0.3) is 17.7 Å². The zero-order valence-corrected chi connectivity index (χ0v) is 21.0. The third kappa shape index (κ3) is 6.78. The number of rotatable bonds is 9. The van der Waals surface area contributed by atoms with Crippen LogP contribution in [0.25, 0.3) is 17.7 Å². The van der Waals surface area contributed by atoms with E-state index >= 15 is 0 Å². The largest absolute Gasteiger partial charge is 0.349 e. The fourth-order valence-electron chi connectivity index (χ4n) is 4.01. The summed E-state index contributed by atoms with van der Waals surface area (Å²) in [5.41, 5.74) is 6.67. The molecule has 9 nitrogen and oxygen atoms in total. The van der Waals surface area contributed by atoms with Crippen molar-refractivity contribution in [2.24, 2.45) is 0 Å². The molecule has 39 heavy (non-hydrogen) atoms. The van der Waals surface area contributed by atoms with E-state index in [-0.39, 0.29) is 17.9 Å². The maximum Gasteiger partial charge on any atom is 0.267 e. The molecule has 0 spiro atoms. The van der Waals surface area contributed by atoms with Gasteiger partial charge < -0.3 is 15.5 Å². The van der Waals surface area contributed by atoms with Crippen LogP contribution in [0.3, 0.4) is 0 Å². The molecule has 0 atom stereocenters. The van der Waals surface area contributed by atoms with Crippen LogP contribution in [-0.2, 0) is 27.6 Å². The van der Waals surface area contributed by atoms with Crippen molar-refractivity contribution in [2.45, 2.75) is 32.0 Å². The molecule has 3 amide bonds. The summed E-state index contributed by atoms with van der Waals surface area (Å²) < 4.78 is 0. The Balaban J connectivity index is 1.25. The van der Waals surface area contributed by atoms with Gasteiger partial charge in [-0.05, 0) is 71.5 Å². The van der Waals surface area contributed by atoms with E-state index in [4.69, 9.17) is 15.0 Å². The summed E-state index contributed by atoms with van der Waals surface area (Å²) in [6.45, 7) is 0.661. The van der Waals surface area contributed by atoms with Crippen LogP contribution in [0.1, 0.15) is 51.0 Å². The third-order valence-corrected chi connectivity index (χ3v) is 6.35. The minimum Gasteiger partial charge on any atom is -0.349 e. The molecular weight excluding hydrogens is 498 g/mol. The summed E-state index contributed by atoms with van der Waals surface area (Å²) >= 11 is 0. The Morgan fingerprint density at radius 3 is 2.36 bits per heavy atom. The molecule has 4 N–H and O–H groups in total. The van der Waals surface area contributed by atoms with E-state index in [0.29, 0.717) is 30.0 Å². The first-order valence-electron chi connectivity index (χ1n) is 12.5. The summed E-state index contributed by atoms with van der Waals surface area (Å²) in [5, 5.41) is 14.5. The summed E-state index contributed by atoms with van der Waals surface area (Å²) in [6.07, 6.45) is 6.57. The van der Waals surface area contributed by atoms with Gasteiger partial charge in [0.05, 0.1) is 0 Å². The topological polar surface area (TPSA) is 126 Å². The Morgan fingerprint density at radius 2 is 1.64 bits per heavy atom. The van der Waals surface area contributed by atoms with Gasteiger partial charge in [0.1, 0.15) is 6.61 Å². The zero-order chi connectivity index (χ0) is 27.2. The molecule has 3 aromatic carbocycles. The van der Waals surface area contributed by atoms with Gasteiger partial charge in [-0.1, -0.05) is 42.5 Å². The van der Waals surface area contributed by atoms with Gasteiger partial charge in [-0.15, -0.1) is 0 Å². The van der Waals surface area contributed by atoms with E-state index in [1.807, 2.05) is 54.6 Å². The number of benzene rings is 3. The second-order valence-electron chi connectivity index (χ2n) is 9.33. The van der Waals surface area contributed by atoms with Crippen molar-refractivity contribution in [2.75, 3.05) is 0 Å². The first-order chi connectivity index (χ1) is 19.0. The van der Waals surface area contributed by atoms with Gasteiger partial charge in [-0.25, -0.2) is 5.48 Å². The van der Waals surface area contributed by atoms with Crippen molar-refractivity contribution < 1.29 is 29.4 Å². The molecule has 0 bridgehead atoms. The lowest BCUT2D eigenvalue weighted by Gasteiger charge is -2.10. The van der Waals surface area contributed by atoms with Gasteiger partial charge in [0.15, 0.2) is 5.75 Å². The monoisotopic (exact) mass is 525 g/mol. The van der Waals surface area contributed by atoms with Crippen LogP contribution in [-0.4, -0.2) is 29.0 Å². The molecule has 0 aromatic heterocycles. The first kappa shape index (κ1) is 25.9. The number of fused-ring (bicyclic) bond motifs is 1. The molecule has 9 heteroatoms. The minimum atomic E-state index is -0.612. The van der Waals surface area contributed by atoms with Gasteiger partial charge in [0.2, 0.25) is 0 Å². The number of hydrogen-bond donors (Lipinski definition) is 4. The Morgan fingerprint density at radius 1 is 0.923 bits per heavy atom. The van der Waals surface area contributed by atoms with Crippen molar-refractivity contribution in [3.8, 4) is 5.75 Å². The zero-order valence-electron chi connectivity index (χ0n) is 21.0. The average Bonchev–Trinajstić information content (AvgIpc) is 3.66. The summed E-state index contributed by atoms with van der Waals surface area (Å²) in [6, 6.07) is 20.1. The Kier molecular flexibility index (Phi) is 7.81. The van der Waals surface area contributed by atoms with Gasteiger partial charge in [-0.2, -0.15) is 4.89 Å². The molecule has 0 unspecified atom stereocenters. The quantitative estimate of drug-likeness (QED) is 0.111. The number of hydrogen-bond acceptors (Lipinski definition) is 6. The second kappa shape index (κ2) is 11.8. The highest BCUT2D eigenvalue weighted by Crippen LogP contribution is 2.31. The van der Waals surface area contributed by atoms with Crippen molar-refractivity contribution in [1.29, 1.82) is 0 Å². The smallest absolute Gasteiger partial charge is 0.267 e. The van der Waals surface area contributed by atoms with E-state index in [1.165, 1.54) is 11.6 Å². The number of carbonyl (C=O) groups excluding carboxylic acids is 3. The normalized spacial score (nSPS) is 14.4. The Hall–Kier alpha value is -4.73. The maximum absolute atomic E-state index is 13.1. The number of nitrogens with one attached hydrogen (secondary N) is 3. The van der Waals surface area contributed by atoms with Gasteiger partial charge in [-0.3, -0.25) is 19.6 Å². The molecule has 2 aliphatic rings. The van der Waals surface area contributed by atoms with Crippen LogP contribution < -0.4 is 21.0 Å². The Labute approximate surface area is 225 Å². The molecule has 1 fully saturated rings. The van der Waals surface area contributed by atoms with Crippen LogP contribution in [0.4, 0.5) is 0 Å². The molecule has 5 rings (SSSR count). The van der Waals surface area contributed by atoms with Gasteiger partial charge in [0, 0.05) is 35.4 Å². The van der Waals surface area contributed by atoms with E-state index in [9.17, 15) is 14.4 Å². The summed E-state index contributed by atoms with van der Waals surface area (Å²) in [5.74, 6) is -0.327. The van der Waals surface area contributed by atoms with Crippen LogP contribution in [0.5, 0.6) is 5.75 Å². The molecular formula is C30H27N3O6. The highest BCUT2D eigenvalue weighted by Gasteiger charge is 2.26. The fraction of sp³-hybridized carbons (Fsp3) is 0.167. The van der Waals surface area contributed by atoms with Crippen molar-refractivity contribution in [3.05, 3.63) is 106 Å². The highest BCUT2D eigenvalue weighted by atomic mass is 17.2. The van der Waals surface area contributed by atoms with Crippen LogP contribution in [0.15, 0.2) is 72.8 Å². The van der Waals surface area contributed by atoms with E-state index < -0.39 is 5.91 Å². The van der Waals surface area contributed by atoms with Gasteiger partial charge >= 0.3 is 0 Å². The molecule has 1 saturated carbocycles.